The van der Waals surface area contributed by atoms with E-state index in [4.69, 9.17) is 0 Å². The van der Waals surface area contributed by atoms with Gasteiger partial charge in [-0.3, -0.25) is 4.79 Å². The number of aromatic amines is 1. The predicted octanol–water partition coefficient (Wildman–Crippen LogP) is -0.489. The standard InChI is InChI=1S/C17H25N5O3S/c1-26(24,25)22-5-2-13-15(20-10-19-13)17(22)3-6-21(7-4-17)16(23)14-11-8-18-9-12(11)14/h10-12,14,18H,2-9H2,1H3,(H,19,20)/t11-,12+,14?. The van der Waals surface area contributed by atoms with Crippen LogP contribution in [0.15, 0.2) is 6.33 Å². The summed E-state index contributed by atoms with van der Waals surface area (Å²) in [5.41, 5.74) is 1.28. The molecule has 2 N–H and O–H groups in total. The van der Waals surface area contributed by atoms with Crippen molar-refractivity contribution in [2.75, 3.05) is 39.0 Å². The lowest BCUT2D eigenvalue weighted by molar-refractivity contribution is -0.135. The lowest BCUT2D eigenvalue weighted by atomic mass is 9.80. The summed E-state index contributed by atoms with van der Waals surface area (Å²) in [6.45, 7) is 3.58. The third-order valence-electron chi connectivity index (χ3n) is 6.88. The van der Waals surface area contributed by atoms with Crippen LogP contribution in [0.3, 0.4) is 0 Å². The summed E-state index contributed by atoms with van der Waals surface area (Å²) in [5.74, 6) is 1.47. The van der Waals surface area contributed by atoms with Crippen molar-refractivity contribution in [2.24, 2.45) is 17.8 Å². The minimum absolute atomic E-state index is 0.184. The molecule has 8 nitrogen and oxygen atoms in total. The van der Waals surface area contributed by atoms with E-state index in [0.717, 1.165) is 24.5 Å². The molecule has 3 aliphatic heterocycles. The average Bonchev–Trinajstić information content (AvgIpc) is 2.97. The average molecular weight is 379 g/mol. The zero-order valence-electron chi connectivity index (χ0n) is 14.9. The van der Waals surface area contributed by atoms with Crippen LogP contribution in [-0.2, 0) is 26.8 Å². The number of likely N-dealkylation sites (tertiary alicyclic amines) is 1. The Hall–Kier alpha value is -1.45. The highest BCUT2D eigenvalue weighted by molar-refractivity contribution is 7.88. The molecule has 4 aliphatic rings. The smallest absolute Gasteiger partial charge is 0.226 e. The van der Waals surface area contributed by atoms with Crippen molar-refractivity contribution in [2.45, 2.75) is 24.8 Å². The second kappa shape index (κ2) is 5.53. The number of hydrogen-bond donors (Lipinski definition) is 2. The fraction of sp³-hybridized carbons (Fsp3) is 0.765. The Bertz CT molecular complexity index is 832. The van der Waals surface area contributed by atoms with Crippen molar-refractivity contribution in [1.29, 1.82) is 0 Å². The van der Waals surface area contributed by atoms with E-state index in [1.165, 1.54) is 6.26 Å². The number of carbonyl (C=O) groups excluding carboxylic acids is 1. The van der Waals surface area contributed by atoms with Crippen LogP contribution in [0.5, 0.6) is 0 Å². The summed E-state index contributed by atoms with van der Waals surface area (Å²) in [5, 5.41) is 3.33. The van der Waals surface area contributed by atoms with Crippen molar-refractivity contribution in [1.82, 2.24) is 24.5 Å². The molecule has 1 aromatic heterocycles. The molecular weight excluding hydrogens is 354 g/mol. The molecule has 1 amide bonds. The highest BCUT2D eigenvalue weighted by atomic mass is 32.2. The Balaban J connectivity index is 1.39. The third-order valence-corrected chi connectivity index (χ3v) is 8.21. The minimum Gasteiger partial charge on any atom is -0.348 e. The van der Waals surface area contributed by atoms with Gasteiger partial charge in [-0.25, -0.2) is 13.4 Å². The summed E-state index contributed by atoms with van der Waals surface area (Å²) < 4.78 is 26.5. The van der Waals surface area contributed by atoms with Crippen LogP contribution < -0.4 is 5.32 Å². The molecule has 0 aromatic carbocycles. The number of imidazole rings is 1. The van der Waals surface area contributed by atoms with Gasteiger partial charge >= 0.3 is 0 Å². The maximum absolute atomic E-state index is 12.9. The van der Waals surface area contributed by atoms with Crippen LogP contribution in [0.25, 0.3) is 0 Å². The molecule has 26 heavy (non-hydrogen) atoms. The van der Waals surface area contributed by atoms with Crippen molar-refractivity contribution in [3.8, 4) is 0 Å². The summed E-state index contributed by atoms with van der Waals surface area (Å²) >= 11 is 0. The van der Waals surface area contributed by atoms with Gasteiger partial charge in [0.25, 0.3) is 0 Å². The van der Waals surface area contributed by atoms with E-state index in [-0.39, 0.29) is 11.8 Å². The number of H-pyrrole nitrogens is 1. The SMILES string of the molecule is CS(=O)(=O)N1CCc2[nH]cnc2C12CCN(C(=O)C1[C@H]3CNC[C@@H]13)CC2. The molecule has 2 saturated heterocycles. The van der Waals surface area contributed by atoms with E-state index in [1.807, 2.05) is 4.90 Å². The fourth-order valence-corrected chi connectivity index (χ4v) is 6.85. The van der Waals surface area contributed by atoms with Gasteiger partial charge in [-0.15, -0.1) is 0 Å². The van der Waals surface area contributed by atoms with Crippen LogP contribution in [-0.4, -0.2) is 72.5 Å². The zero-order chi connectivity index (χ0) is 18.1. The van der Waals surface area contributed by atoms with Gasteiger partial charge in [0.15, 0.2) is 0 Å². The summed E-state index contributed by atoms with van der Waals surface area (Å²) in [7, 11) is -3.34. The fourth-order valence-electron chi connectivity index (χ4n) is 5.52. The molecule has 5 rings (SSSR count). The number of aromatic nitrogens is 2. The lowest BCUT2D eigenvalue weighted by Crippen LogP contribution is -2.58. The molecule has 1 unspecified atom stereocenters. The zero-order valence-corrected chi connectivity index (χ0v) is 15.8. The number of fused-ring (bicyclic) bond motifs is 3. The van der Waals surface area contributed by atoms with E-state index >= 15 is 0 Å². The number of rotatable bonds is 2. The number of carbonyl (C=O) groups is 1. The second-order valence-corrected chi connectivity index (χ2v) is 10.1. The van der Waals surface area contributed by atoms with Crippen LogP contribution in [0.4, 0.5) is 0 Å². The molecule has 9 heteroatoms. The highest BCUT2D eigenvalue weighted by Crippen LogP contribution is 2.50. The summed E-state index contributed by atoms with van der Waals surface area (Å²) in [6, 6.07) is 0. The van der Waals surface area contributed by atoms with E-state index in [9.17, 15) is 13.2 Å². The lowest BCUT2D eigenvalue weighted by Gasteiger charge is -2.49. The maximum atomic E-state index is 12.9. The first-order valence-electron chi connectivity index (χ1n) is 9.42. The monoisotopic (exact) mass is 379 g/mol. The minimum atomic E-state index is -3.34. The first kappa shape index (κ1) is 16.7. The predicted molar refractivity (Wildman–Crippen MR) is 94.7 cm³/mol. The quantitative estimate of drug-likeness (QED) is 0.723. The van der Waals surface area contributed by atoms with Gasteiger partial charge < -0.3 is 15.2 Å². The Kier molecular flexibility index (Phi) is 3.55. The maximum Gasteiger partial charge on any atom is 0.226 e. The summed E-state index contributed by atoms with van der Waals surface area (Å²) in [6.07, 6.45) is 4.83. The molecule has 4 heterocycles. The Morgan fingerprint density at radius 3 is 2.58 bits per heavy atom. The molecule has 0 radical (unpaired) electrons. The topological polar surface area (TPSA) is 98.4 Å². The van der Waals surface area contributed by atoms with Gasteiger partial charge in [0.2, 0.25) is 15.9 Å². The van der Waals surface area contributed by atoms with E-state index in [1.54, 1.807) is 10.6 Å². The molecule has 3 atom stereocenters. The first-order chi connectivity index (χ1) is 12.4. The molecule has 1 saturated carbocycles. The van der Waals surface area contributed by atoms with Gasteiger partial charge in [-0.2, -0.15) is 4.31 Å². The molecule has 142 valence electrons. The normalized spacial score (nSPS) is 33.1. The number of sulfonamides is 1. The first-order valence-corrected chi connectivity index (χ1v) is 11.3. The van der Waals surface area contributed by atoms with Gasteiger partial charge in [-0.05, 0) is 37.8 Å². The Morgan fingerprint density at radius 2 is 1.92 bits per heavy atom. The number of amides is 1. The Labute approximate surface area is 153 Å². The number of nitrogens with zero attached hydrogens (tertiary/aromatic N) is 3. The summed E-state index contributed by atoms with van der Waals surface area (Å²) in [4.78, 5) is 22.5. The van der Waals surface area contributed by atoms with Crippen LogP contribution >= 0.6 is 0 Å². The largest absolute Gasteiger partial charge is 0.348 e. The number of hydrogen-bond acceptors (Lipinski definition) is 5. The van der Waals surface area contributed by atoms with Crippen molar-refractivity contribution < 1.29 is 13.2 Å². The molecule has 3 fully saturated rings. The van der Waals surface area contributed by atoms with E-state index in [0.29, 0.717) is 50.7 Å². The van der Waals surface area contributed by atoms with E-state index < -0.39 is 15.6 Å². The van der Waals surface area contributed by atoms with Gasteiger partial charge in [0.05, 0.1) is 23.8 Å². The van der Waals surface area contributed by atoms with Gasteiger partial charge in [-0.1, -0.05) is 0 Å². The van der Waals surface area contributed by atoms with Crippen LogP contribution in [0.2, 0.25) is 0 Å². The van der Waals surface area contributed by atoms with Crippen LogP contribution in [0, 0.1) is 17.8 Å². The number of piperidine rings is 2. The highest BCUT2D eigenvalue weighted by Gasteiger charge is 2.59. The Morgan fingerprint density at radius 1 is 1.23 bits per heavy atom. The van der Waals surface area contributed by atoms with Crippen molar-refractivity contribution in [3.05, 3.63) is 17.7 Å². The third kappa shape index (κ3) is 2.30. The van der Waals surface area contributed by atoms with Gasteiger partial charge in [0.1, 0.15) is 0 Å². The van der Waals surface area contributed by atoms with E-state index in [2.05, 4.69) is 15.3 Å². The molecule has 0 bridgehead atoms. The van der Waals surface area contributed by atoms with Crippen LogP contribution in [0.1, 0.15) is 24.2 Å². The van der Waals surface area contributed by atoms with Crippen molar-refractivity contribution >= 4 is 15.9 Å². The molecular formula is C17H25N5O3S. The van der Waals surface area contributed by atoms with Crippen molar-refractivity contribution in [3.63, 3.8) is 0 Å². The number of nitrogens with one attached hydrogen (secondary N) is 2. The van der Waals surface area contributed by atoms with Gasteiger partial charge in [0, 0.05) is 37.7 Å². The molecule has 1 aliphatic carbocycles. The second-order valence-electron chi connectivity index (χ2n) is 8.18. The molecule has 1 aromatic rings. The molecule has 1 spiro atoms.